The molecular formula is C22H33F. The van der Waals surface area contributed by atoms with Crippen molar-refractivity contribution in [3.05, 3.63) is 70.5 Å². The molecule has 0 atom stereocenters. The topological polar surface area (TPSA) is 0 Å². The SMILES string of the molecule is CC.CCc1cccc(CC)c1.Cc1cc(C(C)C)ccc1F. The first-order valence-electron chi connectivity index (χ1n) is 8.81. The molecule has 2 aromatic rings. The second-order valence-corrected chi connectivity index (χ2v) is 5.69. The third-order valence-corrected chi connectivity index (χ3v) is 3.66. The fraction of sp³-hybridized carbons (Fsp3) is 0.455. The number of halogens is 1. The predicted molar refractivity (Wildman–Crippen MR) is 102 cm³/mol. The highest BCUT2D eigenvalue weighted by Crippen LogP contribution is 2.17. The molecule has 2 rings (SSSR count). The lowest BCUT2D eigenvalue weighted by molar-refractivity contribution is 0.616. The summed E-state index contributed by atoms with van der Waals surface area (Å²) in [5.74, 6) is 0.365. The van der Waals surface area contributed by atoms with Gasteiger partial charge in [0.15, 0.2) is 0 Å². The molecule has 2 aromatic carbocycles. The zero-order chi connectivity index (χ0) is 17.8. The summed E-state index contributed by atoms with van der Waals surface area (Å²) in [5, 5.41) is 0. The summed E-state index contributed by atoms with van der Waals surface area (Å²) in [7, 11) is 0. The van der Waals surface area contributed by atoms with Crippen LogP contribution in [0.3, 0.4) is 0 Å². The number of benzene rings is 2. The smallest absolute Gasteiger partial charge is 0.126 e. The van der Waals surface area contributed by atoms with Gasteiger partial charge in [-0.25, -0.2) is 4.39 Å². The van der Waals surface area contributed by atoms with Crippen LogP contribution < -0.4 is 0 Å². The second kappa shape index (κ2) is 11.9. The maximum atomic E-state index is 12.8. The van der Waals surface area contributed by atoms with Crippen LogP contribution in [0.15, 0.2) is 42.5 Å². The van der Waals surface area contributed by atoms with E-state index >= 15 is 0 Å². The van der Waals surface area contributed by atoms with E-state index in [9.17, 15) is 4.39 Å². The molecule has 0 saturated carbocycles. The Morgan fingerprint density at radius 2 is 1.39 bits per heavy atom. The van der Waals surface area contributed by atoms with Gasteiger partial charge in [-0.1, -0.05) is 77.9 Å². The summed E-state index contributed by atoms with van der Waals surface area (Å²) in [4.78, 5) is 0. The summed E-state index contributed by atoms with van der Waals surface area (Å²) in [6.45, 7) is 14.4. The van der Waals surface area contributed by atoms with Crippen molar-refractivity contribution < 1.29 is 4.39 Å². The van der Waals surface area contributed by atoms with E-state index < -0.39 is 0 Å². The van der Waals surface area contributed by atoms with Crippen LogP contribution in [-0.4, -0.2) is 0 Å². The molecule has 128 valence electrons. The van der Waals surface area contributed by atoms with Gasteiger partial charge in [-0.3, -0.25) is 0 Å². The molecule has 0 fully saturated rings. The van der Waals surface area contributed by atoms with Crippen LogP contribution >= 0.6 is 0 Å². The first kappa shape index (κ1) is 21.4. The summed E-state index contributed by atoms with van der Waals surface area (Å²) in [5.41, 5.74) is 4.82. The normalized spacial score (nSPS) is 9.61. The molecule has 0 radical (unpaired) electrons. The van der Waals surface area contributed by atoms with E-state index in [0.29, 0.717) is 5.92 Å². The molecule has 1 heteroatoms. The van der Waals surface area contributed by atoms with Gasteiger partial charge in [-0.2, -0.15) is 0 Å². The molecule has 0 bridgehead atoms. The Labute approximate surface area is 142 Å². The lowest BCUT2D eigenvalue weighted by Crippen LogP contribution is -1.89. The summed E-state index contributed by atoms with van der Waals surface area (Å²) >= 11 is 0. The van der Waals surface area contributed by atoms with Crippen molar-refractivity contribution in [2.45, 2.75) is 67.2 Å². The molecular weight excluding hydrogens is 283 g/mol. The Balaban J connectivity index is 0.000000381. The Morgan fingerprint density at radius 1 is 0.870 bits per heavy atom. The van der Waals surface area contributed by atoms with Gasteiger partial charge in [0, 0.05) is 0 Å². The molecule has 0 saturated heterocycles. The fourth-order valence-corrected chi connectivity index (χ4v) is 2.10. The summed E-state index contributed by atoms with van der Waals surface area (Å²) in [6.07, 6.45) is 2.29. The van der Waals surface area contributed by atoms with Gasteiger partial charge in [0.25, 0.3) is 0 Å². The van der Waals surface area contributed by atoms with E-state index in [1.165, 1.54) is 22.8 Å². The Bertz CT molecular complexity index is 536. The van der Waals surface area contributed by atoms with Crippen LogP contribution in [0.25, 0.3) is 0 Å². The third kappa shape index (κ3) is 7.97. The zero-order valence-corrected chi connectivity index (χ0v) is 15.9. The molecule has 0 N–H and O–H groups in total. The van der Waals surface area contributed by atoms with Gasteiger partial charge in [0.05, 0.1) is 0 Å². The molecule has 0 nitrogen and oxygen atoms in total. The number of aryl methyl sites for hydroxylation is 3. The van der Waals surface area contributed by atoms with Crippen molar-refractivity contribution in [1.82, 2.24) is 0 Å². The Morgan fingerprint density at radius 3 is 1.78 bits per heavy atom. The lowest BCUT2D eigenvalue weighted by atomic mass is 10.0. The van der Waals surface area contributed by atoms with Crippen molar-refractivity contribution in [3.8, 4) is 0 Å². The van der Waals surface area contributed by atoms with Gasteiger partial charge in [0.1, 0.15) is 5.82 Å². The van der Waals surface area contributed by atoms with Gasteiger partial charge >= 0.3 is 0 Å². The average Bonchev–Trinajstić information content (AvgIpc) is 2.59. The quantitative estimate of drug-likeness (QED) is 0.566. The molecule has 0 amide bonds. The predicted octanol–water partition coefficient (Wildman–Crippen LogP) is 7.10. The second-order valence-electron chi connectivity index (χ2n) is 5.69. The number of hydrogen-bond acceptors (Lipinski definition) is 0. The van der Waals surface area contributed by atoms with Crippen molar-refractivity contribution in [2.75, 3.05) is 0 Å². The number of rotatable bonds is 3. The van der Waals surface area contributed by atoms with Crippen molar-refractivity contribution >= 4 is 0 Å². The van der Waals surface area contributed by atoms with Crippen LogP contribution in [0.4, 0.5) is 4.39 Å². The standard InChI is InChI=1S/C10H13F.C10H14.C2H6/c1-7(2)9-4-5-10(11)8(3)6-9;1-3-9-6-5-7-10(4-2)8-9;1-2/h4-7H,1-3H3;5-8H,3-4H2,1-2H3;1-2H3. The highest BCUT2D eigenvalue weighted by atomic mass is 19.1. The highest BCUT2D eigenvalue weighted by Gasteiger charge is 2.01. The van der Waals surface area contributed by atoms with E-state index in [1.807, 2.05) is 26.0 Å². The van der Waals surface area contributed by atoms with E-state index in [2.05, 4.69) is 52.0 Å². The van der Waals surface area contributed by atoms with Gasteiger partial charge in [-0.15, -0.1) is 0 Å². The molecule has 0 heterocycles. The third-order valence-electron chi connectivity index (χ3n) is 3.66. The monoisotopic (exact) mass is 316 g/mol. The minimum absolute atomic E-state index is 0.116. The summed E-state index contributed by atoms with van der Waals surface area (Å²) in [6, 6.07) is 14.0. The average molecular weight is 317 g/mol. The van der Waals surface area contributed by atoms with E-state index in [4.69, 9.17) is 0 Å². The maximum absolute atomic E-state index is 12.8. The zero-order valence-electron chi connectivity index (χ0n) is 15.9. The molecule has 0 aliphatic carbocycles. The van der Waals surface area contributed by atoms with E-state index in [-0.39, 0.29) is 5.82 Å². The Hall–Kier alpha value is -1.63. The van der Waals surface area contributed by atoms with Crippen molar-refractivity contribution in [1.29, 1.82) is 0 Å². The van der Waals surface area contributed by atoms with Gasteiger partial charge in [-0.05, 0) is 54.0 Å². The van der Waals surface area contributed by atoms with Crippen LogP contribution in [0, 0.1) is 12.7 Å². The van der Waals surface area contributed by atoms with Crippen molar-refractivity contribution in [3.63, 3.8) is 0 Å². The largest absolute Gasteiger partial charge is 0.207 e. The Kier molecular flexibility index (Phi) is 11.0. The van der Waals surface area contributed by atoms with Crippen LogP contribution in [-0.2, 0) is 12.8 Å². The van der Waals surface area contributed by atoms with Crippen LogP contribution in [0.5, 0.6) is 0 Å². The minimum Gasteiger partial charge on any atom is -0.207 e. The minimum atomic E-state index is -0.116. The molecule has 0 spiro atoms. The first-order chi connectivity index (χ1) is 11.0. The molecule has 0 aliphatic rings. The van der Waals surface area contributed by atoms with Gasteiger partial charge in [0.2, 0.25) is 0 Å². The molecule has 0 aliphatic heterocycles. The first-order valence-corrected chi connectivity index (χ1v) is 8.81. The fourth-order valence-electron chi connectivity index (χ4n) is 2.10. The van der Waals surface area contributed by atoms with E-state index in [0.717, 1.165) is 18.4 Å². The maximum Gasteiger partial charge on any atom is 0.126 e. The molecule has 0 unspecified atom stereocenters. The number of hydrogen-bond donors (Lipinski definition) is 0. The van der Waals surface area contributed by atoms with E-state index in [1.54, 1.807) is 6.92 Å². The highest BCUT2D eigenvalue weighted by molar-refractivity contribution is 5.26. The van der Waals surface area contributed by atoms with Crippen LogP contribution in [0.1, 0.15) is 69.7 Å². The summed E-state index contributed by atoms with van der Waals surface area (Å²) < 4.78 is 12.8. The lowest BCUT2D eigenvalue weighted by Gasteiger charge is -2.05. The molecule has 23 heavy (non-hydrogen) atoms. The van der Waals surface area contributed by atoms with Crippen LogP contribution in [0.2, 0.25) is 0 Å². The van der Waals surface area contributed by atoms with Gasteiger partial charge < -0.3 is 0 Å². The van der Waals surface area contributed by atoms with Crippen molar-refractivity contribution in [2.24, 2.45) is 0 Å². The molecule has 0 aromatic heterocycles.